The van der Waals surface area contributed by atoms with E-state index in [9.17, 15) is 12.8 Å². The molecule has 0 bridgehead atoms. The van der Waals surface area contributed by atoms with E-state index in [4.69, 9.17) is 0 Å². The second-order valence-electron chi connectivity index (χ2n) is 5.50. The molecule has 1 aromatic carbocycles. The number of pyridine rings is 1. The van der Waals surface area contributed by atoms with Crippen molar-refractivity contribution in [2.45, 2.75) is 24.3 Å². The molecular formula is C15H18FN3O2S. The highest BCUT2D eigenvalue weighted by Gasteiger charge is 2.31. The highest BCUT2D eigenvalue weighted by atomic mass is 32.2. The molecule has 1 N–H and O–H groups in total. The highest BCUT2D eigenvalue weighted by molar-refractivity contribution is 7.89. The first-order chi connectivity index (χ1) is 10.5. The van der Waals surface area contributed by atoms with Gasteiger partial charge in [0.25, 0.3) is 0 Å². The highest BCUT2D eigenvalue weighted by Crippen LogP contribution is 2.28. The molecule has 2 heterocycles. The molecule has 1 unspecified atom stereocenters. The monoisotopic (exact) mass is 323 g/mol. The molecule has 2 aromatic rings. The van der Waals surface area contributed by atoms with Gasteiger partial charge in [-0.25, -0.2) is 12.8 Å². The lowest BCUT2D eigenvalue weighted by Gasteiger charge is -2.26. The zero-order chi connectivity index (χ0) is 15.7. The quantitative estimate of drug-likeness (QED) is 0.914. The minimum atomic E-state index is -3.76. The first-order valence-corrected chi connectivity index (χ1v) is 8.70. The van der Waals surface area contributed by atoms with Crippen molar-refractivity contribution >= 4 is 20.8 Å². The second-order valence-corrected chi connectivity index (χ2v) is 7.36. The molecule has 1 aliphatic heterocycles. The van der Waals surface area contributed by atoms with E-state index < -0.39 is 15.8 Å². The summed E-state index contributed by atoms with van der Waals surface area (Å²) >= 11 is 0. The van der Waals surface area contributed by atoms with Gasteiger partial charge in [0.15, 0.2) is 5.82 Å². The summed E-state index contributed by atoms with van der Waals surface area (Å²) in [6, 6.07) is 4.58. The predicted molar refractivity (Wildman–Crippen MR) is 82.5 cm³/mol. The third-order valence-electron chi connectivity index (χ3n) is 3.95. The Morgan fingerprint density at radius 3 is 3.00 bits per heavy atom. The summed E-state index contributed by atoms with van der Waals surface area (Å²) in [5.74, 6) is -0.614. The Balaban J connectivity index is 2.17. The van der Waals surface area contributed by atoms with Gasteiger partial charge in [-0.1, -0.05) is 12.1 Å². The summed E-state index contributed by atoms with van der Waals surface area (Å²) in [7, 11) is -3.76. The Hall–Kier alpha value is -1.57. The number of fused-ring (bicyclic) bond motifs is 1. The minimum Gasteiger partial charge on any atom is -0.315 e. The van der Waals surface area contributed by atoms with Crippen molar-refractivity contribution in [3.63, 3.8) is 0 Å². The van der Waals surface area contributed by atoms with Crippen LogP contribution in [0.1, 0.15) is 13.3 Å². The van der Waals surface area contributed by atoms with Gasteiger partial charge in [-0.2, -0.15) is 4.31 Å². The fourth-order valence-electron chi connectivity index (χ4n) is 2.85. The molecule has 0 saturated carbocycles. The number of nitrogens with one attached hydrogen (secondary N) is 1. The lowest BCUT2D eigenvalue weighted by Crippen LogP contribution is -2.41. The van der Waals surface area contributed by atoms with Crippen molar-refractivity contribution in [3.05, 3.63) is 36.4 Å². The standard InChI is InChI=1S/C15H18FN3O2S/c1-11-8-17-6-3-7-19(11)22(20,21)14-5-2-4-12-9-18-10-13(16)15(12)14/h2,4-5,9-11,17H,3,6-8H2,1H3. The molecule has 5 nitrogen and oxygen atoms in total. The van der Waals surface area contributed by atoms with Gasteiger partial charge in [-0.3, -0.25) is 4.98 Å². The normalized spacial score (nSPS) is 20.9. The molecule has 1 aromatic heterocycles. The molecule has 1 aliphatic rings. The lowest BCUT2D eigenvalue weighted by atomic mass is 10.2. The van der Waals surface area contributed by atoms with Gasteiger partial charge in [0, 0.05) is 36.1 Å². The van der Waals surface area contributed by atoms with Gasteiger partial charge in [0.2, 0.25) is 10.0 Å². The van der Waals surface area contributed by atoms with Crippen LogP contribution in [0.25, 0.3) is 10.8 Å². The maximum Gasteiger partial charge on any atom is 0.244 e. The van der Waals surface area contributed by atoms with Crippen LogP contribution in [0, 0.1) is 5.82 Å². The largest absolute Gasteiger partial charge is 0.315 e. The first kappa shape index (κ1) is 15.3. The maximum atomic E-state index is 14.2. The Labute approximate surface area is 129 Å². The molecule has 1 saturated heterocycles. The van der Waals surface area contributed by atoms with Gasteiger partial charge >= 0.3 is 0 Å². The topological polar surface area (TPSA) is 62.3 Å². The van der Waals surface area contributed by atoms with Crippen molar-refractivity contribution in [1.82, 2.24) is 14.6 Å². The molecular weight excluding hydrogens is 305 g/mol. The van der Waals surface area contributed by atoms with Gasteiger partial charge in [-0.05, 0) is 26.0 Å². The molecule has 3 rings (SSSR count). The Morgan fingerprint density at radius 1 is 1.36 bits per heavy atom. The van der Waals surface area contributed by atoms with E-state index in [0.29, 0.717) is 18.5 Å². The predicted octanol–water partition coefficient (Wildman–Crippen LogP) is 1.75. The fraction of sp³-hybridized carbons (Fsp3) is 0.400. The SMILES string of the molecule is CC1CNCCCN1S(=O)(=O)c1cccc2cncc(F)c12. The number of nitrogens with zero attached hydrogens (tertiary/aromatic N) is 2. The van der Waals surface area contributed by atoms with E-state index in [2.05, 4.69) is 10.3 Å². The van der Waals surface area contributed by atoms with E-state index in [0.717, 1.165) is 19.2 Å². The van der Waals surface area contributed by atoms with Crippen LogP contribution in [0.15, 0.2) is 35.5 Å². The van der Waals surface area contributed by atoms with Gasteiger partial charge in [0.1, 0.15) is 0 Å². The van der Waals surface area contributed by atoms with Crippen LogP contribution in [-0.4, -0.2) is 43.4 Å². The smallest absolute Gasteiger partial charge is 0.244 e. The summed E-state index contributed by atoms with van der Waals surface area (Å²) in [6.45, 7) is 3.66. The van der Waals surface area contributed by atoms with Gasteiger partial charge < -0.3 is 5.32 Å². The number of hydrogen-bond acceptors (Lipinski definition) is 4. The van der Waals surface area contributed by atoms with Crippen LogP contribution in [0.2, 0.25) is 0 Å². The minimum absolute atomic E-state index is 0.0126. The van der Waals surface area contributed by atoms with E-state index in [1.54, 1.807) is 12.1 Å². The Morgan fingerprint density at radius 2 is 2.18 bits per heavy atom. The van der Waals surface area contributed by atoms with Crippen molar-refractivity contribution in [1.29, 1.82) is 0 Å². The van der Waals surface area contributed by atoms with Crippen LogP contribution in [-0.2, 0) is 10.0 Å². The summed E-state index contributed by atoms with van der Waals surface area (Å²) in [4.78, 5) is 3.80. The molecule has 22 heavy (non-hydrogen) atoms. The average molecular weight is 323 g/mol. The Bertz CT molecular complexity index is 789. The molecule has 7 heteroatoms. The average Bonchev–Trinajstić information content (AvgIpc) is 2.72. The molecule has 0 aliphatic carbocycles. The third kappa shape index (κ3) is 2.60. The molecule has 0 spiro atoms. The molecule has 1 fully saturated rings. The number of hydrogen-bond donors (Lipinski definition) is 1. The fourth-order valence-corrected chi connectivity index (χ4v) is 4.74. The van der Waals surface area contributed by atoms with Crippen LogP contribution in [0.4, 0.5) is 4.39 Å². The van der Waals surface area contributed by atoms with Crippen molar-refractivity contribution in [2.24, 2.45) is 0 Å². The van der Waals surface area contributed by atoms with Gasteiger partial charge in [-0.15, -0.1) is 0 Å². The molecule has 0 radical (unpaired) electrons. The Kier molecular flexibility index (Phi) is 4.12. The second kappa shape index (κ2) is 5.91. The lowest BCUT2D eigenvalue weighted by molar-refractivity contribution is 0.353. The van der Waals surface area contributed by atoms with Crippen molar-refractivity contribution < 1.29 is 12.8 Å². The van der Waals surface area contributed by atoms with Crippen molar-refractivity contribution in [2.75, 3.05) is 19.6 Å². The van der Waals surface area contributed by atoms with Crippen LogP contribution >= 0.6 is 0 Å². The summed E-state index contributed by atoms with van der Waals surface area (Å²) in [5, 5.41) is 3.81. The molecule has 1 atom stereocenters. The summed E-state index contributed by atoms with van der Waals surface area (Å²) in [5.41, 5.74) is 0. The van der Waals surface area contributed by atoms with Crippen LogP contribution < -0.4 is 5.32 Å². The summed E-state index contributed by atoms with van der Waals surface area (Å²) in [6.07, 6.45) is 3.26. The zero-order valence-corrected chi connectivity index (χ0v) is 13.1. The van der Waals surface area contributed by atoms with E-state index in [1.165, 1.54) is 16.6 Å². The molecule has 0 amide bonds. The number of aromatic nitrogens is 1. The van der Waals surface area contributed by atoms with Crippen molar-refractivity contribution in [3.8, 4) is 0 Å². The van der Waals surface area contributed by atoms with Crippen LogP contribution in [0.3, 0.4) is 0 Å². The number of sulfonamides is 1. The van der Waals surface area contributed by atoms with E-state index in [-0.39, 0.29) is 16.3 Å². The van der Waals surface area contributed by atoms with E-state index in [1.807, 2.05) is 6.92 Å². The number of benzene rings is 1. The van der Waals surface area contributed by atoms with E-state index >= 15 is 0 Å². The number of halogens is 1. The third-order valence-corrected chi connectivity index (χ3v) is 6.00. The van der Waals surface area contributed by atoms with Crippen LogP contribution in [0.5, 0.6) is 0 Å². The maximum absolute atomic E-state index is 14.2. The van der Waals surface area contributed by atoms with Gasteiger partial charge in [0.05, 0.1) is 11.1 Å². The zero-order valence-electron chi connectivity index (χ0n) is 12.3. The first-order valence-electron chi connectivity index (χ1n) is 7.26. The molecule has 118 valence electrons. The number of rotatable bonds is 2. The summed E-state index contributed by atoms with van der Waals surface area (Å²) < 4.78 is 41.7.